The van der Waals surface area contributed by atoms with Crippen LogP contribution < -0.4 is 16.4 Å². The average molecular weight is 261 g/mol. The number of hydrogen-bond donors (Lipinski definition) is 3. The summed E-state index contributed by atoms with van der Waals surface area (Å²) in [5, 5.41) is 5.65. The lowest BCUT2D eigenvalue weighted by Gasteiger charge is -2.07. The van der Waals surface area contributed by atoms with Gasteiger partial charge in [-0.15, -0.1) is 0 Å². The maximum Gasteiger partial charge on any atom is 0.220 e. The lowest BCUT2D eigenvalue weighted by atomic mass is 10.2. The van der Waals surface area contributed by atoms with Gasteiger partial charge in [0.15, 0.2) is 0 Å². The highest BCUT2D eigenvalue weighted by Crippen LogP contribution is 1.97. The number of hydrogen-bond acceptors (Lipinski definition) is 3. The summed E-state index contributed by atoms with van der Waals surface area (Å²) >= 11 is 9.53. The summed E-state index contributed by atoms with van der Waals surface area (Å²) in [4.78, 5) is 11.8. The fourth-order valence-electron chi connectivity index (χ4n) is 1.09. The first-order chi connectivity index (χ1) is 7.57. The molecule has 0 aromatic carbocycles. The van der Waals surface area contributed by atoms with Gasteiger partial charge in [-0.1, -0.05) is 44.2 Å². The van der Waals surface area contributed by atoms with E-state index < -0.39 is 0 Å². The zero-order chi connectivity index (χ0) is 12.4. The molecule has 0 atom stereocenters. The molecular formula is C10H19N3OS2. The van der Waals surface area contributed by atoms with Gasteiger partial charge in [-0.05, 0) is 6.42 Å². The molecule has 6 heteroatoms. The van der Waals surface area contributed by atoms with Crippen LogP contribution in [-0.2, 0) is 4.79 Å². The van der Waals surface area contributed by atoms with E-state index in [4.69, 9.17) is 18.0 Å². The van der Waals surface area contributed by atoms with Crippen molar-refractivity contribution in [3.8, 4) is 0 Å². The van der Waals surface area contributed by atoms with E-state index in [0.29, 0.717) is 24.5 Å². The number of amides is 1. The fourth-order valence-corrected chi connectivity index (χ4v) is 1.26. The maximum absolute atomic E-state index is 11.3. The quantitative estimate of drug-likeness (QED) is 0.469. The Morgan fingerprint density at radius 2 is 1.81 bits per heavy atom. The van der Waals surface area contributed by atoms with E-state index in [1.54, 1.807) is 0 Å². The minimum absolute atomic E-state index is 0.0801. The van der Waals surface area contributed by atoms with Crippen molar-refractivity contribution in [2.75, 3.05) is 13.1 Å². The molecule has 0 aliphatic heterocycles. The monoisotopic (exact) mass is 261 g/mol. The van der Waals surface area contributed by atoms with Crippen molar-refractivity contribution in [2.24, 2.45) is 5.73 Å². The summed E-state index contributed by atoms with van der Waals surface area (Å²) < 4.78 is 0. The third-order valence-corrected chi connectivity index (χ3v) is 2.66. The predicted molar refractivity (Wildman–Crippen MR) is 74.5 cm³/mol. The predicted octanol–water partition coefficient (Wildman–Crippen LogP) is 0.886. The number of nitrogens with one attached hydrogen (secondary N) is 2. The van der Waals surface area contributed by atoms with Crippen LogP contribution in [0.15, 0.2) is 0 Å². The maximum atomic E-state index is 11.3. The lowest BCUT2D eigenvalue weighted by Crippen LogP contribution is -2.38. The van der Waals surface area contributed by atoms with E-state index in [0.717, 1.165) is 19.3 Å². The smallest absolute Gasteiger partial charge is 0.220 e. The van der Waals surface area contributed by atoms with E-state index >= 15 is 0 Å². The molecule has 0 saturated carbocycles. The van der Waals surface area contributed by atoms with Crippen LogP contribution in [0.25, 0.3) is 0 Å². The highest BCUT2D eigenvalue weighted by atomic mass is 32.1. The third-order valence-electron chi connectivity index (χ3n) is 1.96. The molecule has 0 radical (unpaired) electrons. The van der Waals surface area contributed by atoms with E-state index in [-0.39, 0.29) is 10.9 Å². The number of rotatable bonds is 7. The van der Waals surface area contributed by atoms with Crippen LogP contribution in [-0.4, -0.2) is 29.0 Å². The zero-order valence-electron chi connectivity index (χ0n) is 9.54. The van der Waals surface area contributed by atoms with Gasteiger partial charge in [0.05, 0.1) is 0 Å². The van der Waals surface area contributed by atoms with Crippen molar-refractivity contribution in [1.82, 2.24) is 10.6 Å². The van der Waals surface area contributed by atoms with E-state index in [1.807, 2.05) is 0 Å². The summed E-state index contributed by atoms with van der Waals surface area (Å²) in [5.41, 5.74) is 5.30. The number of carbonyl (C=O) groups is 1. The Morgan fingerprint density at radius 3 is 2.38 bits per heavy atom. The number of nitrogens with two attached hydrogens (primary N) is 1. The minimum atomic E-state index is 0.0801. The van der Waals surface area contributed by atoms with Gasteiger partial charge in [0.2, 0.25) is 5.91 Å². The molecule has 4 N–H and O–H groups in total. The molecule has 0 unspecified atom stereocenters. The van der Waals surface area contributed by atoms with Gasteiger partial charge in [-0.25, -0.2) is 0 Å². The van der Waals surface area contributed by atoms with Gasteiger partial charge in [0.1, 0.15) is 9.98 Å². The Kier molecular flexibility index (Phi) is 9.03. The second-order valence-electron chi connectivity index (χ2n) is 3.43. The minimum Gasteiger partial charge on any atom is -0.388 e. The Morgan fingerprint density at radius 1 is 1.19 bits per heavy atom. The Bertz CT molecular complexity index is 256. The van der Waals surface area contributed by atoms with Crippen molar-refractivity contribution >= 4 is 40.3 Å². The van der Waals surface area contributed by atoms with E-state index in [2.05, 4.69) is 29.8 Å². The van der Waals surface area contributed by atoms with E-state index in [9.17, 15) is 4.79 Å². The molecule has 4 nitrogen and oxygen atoms in total. The number of thiocarbonyl (C=S) groups is 2. The van der Waals surface area contributed by atoms with Gasteiger partial charge in [-0.3, -0.25) is 4.79 Å². The van der Waals surface area contributed by atoms with Crippen molar-refractivity contribution in [3.05, 3.63) is 0 Å². The van der Waals surface area contributed by atoms with Crippen molar-refractivity contribution in [3.63, 3.8) is 0 Å². The molecular weight excluding hydrogens is 242 g/mol. The Balaban J connectivity index is 3.41. The standard InChI is InChI=1S/C10H19N3OS2/c1-2-3-4-5-8(14)12-6-7-13-10(16)9(11)15/h2-7H2,1H3,(H2,11,15)(H,12,14)(H,13,16). The normalized spacial score (nSPS) is 9.56. The SMILES string of the molecule is CCCCCC(=O)NCCNC(=S)C(N)=S. The molecule has 92 valence electrons. The van der Waals surface area contributed by atoms with Gasteiger partial charge in [0.25, 0.3) is 0 Å². The Hall–Kier alpha value is -0.750. The van der Waals surface area contributed by atoms with Crippen LogP contribution in [0, 0.1) is 0 Å². The van der Waals surface area contributed by atoms with Crippen LogP contribution in [0.4, 0.5) is 0 Å². The molecule has 1 amide bonds. The average Bonchev–Trinajstić information content (AvgIpc) is 2.24. The topological polar surface area (TPSA) is 67.2 Å². The first-order valence-corrected chi connectivity index (χ1v) is 6.24. The van der Waals surface area contributed by atoms with E-state index in [1.165, 1.54) is 0 Å². The second-order valence-corrected chi connectivity index (χ2v) is 4.28. The highest BCUT2D eigenvalue weighted by Gasteiger charge is 2.01. The van der Waals surface area contributed by atoms with Gasteiger partial charge in [0, 0.05) is 19.5 Å². The zero-order valence-corrected chi connectivity index (χ0v) is 11.2. The molecule has 0 bridgehead atoms. The van der Waals surface area contributed by atoms with Gasteiger partial charge in [-0.2, -0.15) is 0 Å². The van der Waals surface area contributed by atoms with Crippen molar-refractivity contribution < 1.29 is 4.79 Å². The summed E-state index contributed by atoms with van der Waals surface area (Å²) in [6.45, 7) is 3.20. The summed E-state index contributed by atoms with van der Waals surface area (Å²) in [7, 11) is 0. The molecule has 0 aliphatic rings. The third kappa shape index (κ3) is 8.55. The molecule has 0 aromatic heterocycles. The fraction of sp³-hybridized carbons (Fsp3) is 0.700. The molecule has 0 saturated heterocycles. The molecule has 0 heterocycles. The van der Waals surface area contributed by atoms with Crippen LogP contribution in [0.5, 0.6) is 0 Å². The van der Waals surface area contributed by atoms with Crippen molar-refractivity contribution in [1.29, 1.82) is 0 Å². The van der Waals surface area contributed by atoms with Crippen molar-refractivity contribution in [2.45, 2.75) is 32.6 Å². The van der Waals surface area contributed by atoms with Crippen LogP contribution >= 0.6 is 24.4 Å². The van der Waals surface area contributed by atoms with Crippen LogP contribution in [0.3, 0.4) is 0 Å². The van der Waals surface area contributed by atoms with Gasteiger partial charge >= 0.3 is 0 Å². The largest absolute Gasteiger partial charge is 0.388 e. The molecule has 0 spiro atoms. The molecule has 0 fully saturated rings. The highest BCUT2D eigenvalue weighted by molar-refractivity contribution is 7.89. The number of carbonyl (C=O) groups excluding carboxylic acids is 1. The second kappa shape index (κ2) is 9.47. The lowest BCUT2D eigenvalue weighted by molar-refractivity contribution is -0.121. The molecule has 0 aromatic rings. The summed E-state index contributed by atoms with van der Waals surface area (Å²) in [6.07, 6.45) is 3.75. The number of unbranched alkanes of at least 4 members (excludes halogenated alkanes) is 2. The summed E-state index contributed by atoms with van der Waals surface area (Å²) in [5.74, 6) is 0.0801. The van der Waals surface area contributed by atoms with Crippen LogP contribution in [0.2, 0.25) is 0 Å². The molecule has 0 aliphatic carbocycles. The Labute approximate surface area is 107 Å². The molecule has 16 heavy (non-hydrogen) atoms. The first-order valence-electron chi connectivity index (χ1n) is 5.42. The first kappa shape index (κ1) is 15.2. The van der Waals surface area contributed by atoms with Gasteiger partial charge < -0.3 is 16.4 Å². The summed E-state index contributed by atoms with van der Waals surface area (Å²) in [6, 6.07) is 0. The van der Waals surface area contributed by atoms with Crippen LogP contribution in [0.1, 0.15) is 32.6 Å². The molecule has 0 rings (SSSR count).